The molecule has 2 aromatic heterocycles. The second-order valence-electron chi connectivity index (χ2n) is 6.84. The predicted molar refractivity (Wildman–Crippen MR) is 105 cm³/mol. The Hall–Kier alpha value is -1.89. The molecule has 0 aliphatic carbocycles. The second kappa shape index (κ2) is 8.99. The van der Waals surface area contributed by atoms with Gasteiger partial charge in [-0.25, -0.2) is 4.98 Å². The van der Waals surface area contributed by atoms with Gasteiger partial charge in [-0.2, -0.15) is 5.10 Å². The van der Waals surface area contributed by atoms with E-state index >= 15 is 0 Å². The number of rotatable bonds is 7. The molecule has 0 radical (unpaired) electrons. The van der Waals surface area contributed by atoms with E-state index < -0.39 is 0 Å². The summed E-state index contributed by atoms with van der Waals surface area (Å²) in [6.07, 6.45) is 0. The van der Waals surface area contributed by atoms with Crippen molar-refractivity contribution in [3.05, 3.63) is 33.5 Å². The number of hydrogen-bond donors (Lipinski definition) is 2. The zero-order valence-corrected chi connectivity index (χ0v) is 16.9. The highest BCUT2D eigenvalue weighted by molar-refractivity contribution is 7.09. The van der Waals surface area contributed by atoms with Gasteiger partial charge >= 0.3 is 0 Å². The van der Waals surface area contributed by atoms with E-state index in [2.05, 4.69) is 69.5 Å². The Balaban J connectivity index is 1.78. The fourth-order valence-corrected chi connectivity index (χ4v) is 3.44. The molecule has 25 heavy (non-hydrogen) atoms. The zero-order valence-electron chi connectivity index (χ0n) is 16.1. The standard InChI is InChI=1S/C18H30N6S/c1-12(2)16-11-25-17(22-16)9-21-18(19-6)20-8-13(3)10-24-15(5)7-14(4)23-24/h7,11-13H,8-10H2,1-6H3,(H2,19,20,21). The number of thiazole rings is 1. The summed E-state index contributed by atoms with van der Waals surface area (Å²) in [5.41, 5.74) is 3.43. The monoisotopic (exact) mass is 362 g/mol. The lowest BCUT2D eigenvalue weighted by Crippen LogP contribution is -2.39. The first-order valence-corrected chi connectivity index (χ1v) is 9.66. The third-order valence-electron chi connectivity index (χ3n) is 4.00. The molecule has 1 atom stereocenters. The second-order valence-corrected chi connectivity index (χ2v) is 7.78. The van der Waals surface area contributed by atoms with E-state index in [1.807, 2.05) is 6.92 Å². The van der Waals surface area contributed by atoms with Crippen LogP contribution in [0.1, 0.15) is 48.8 Å². The average Bonchev–Trinajstić information content (AvgIpc) is 3.14. The summed E-state index contributed by atoms with van der Waals surface area (Å²) >= 11 is 1.69. The Kier molecular flexibility index (Phi) is 6.99. The smallest absolute Gasteiger partial charge is 0.191 e. The van der Waals surface area contributed by atoms with E-state index in [9.17, 15) is 0 Å². The van der Waals surface area contributed by atoms with Crippen LogP contribution in [0.5, 0.6) is 0 Å². The molecule has 0 saturated carbocycles. The van der Waals surface area contributed by atoms with Gasteiger partial charge in [-0.05, 0) is 31.7 Å². The molecule has 2 rings (SSSR count). The minimum atomic E-state index is 0.448. The van der Waals surface area contributed by atoms with Crippen LogP contribution in [-0.4, -0.2) is 34.3 Å². The molecular weight excluding hydrogens is 332 g/mol. The maximum Gasteiger partial charge on any atom is 0.191 e. The van der Waals surface area contributed by atoms with Crippen LogP contribution in [-0.2, 0) is 13.1 Å². The zero-order chi connectivity index (χ0) is 18.4. The third kappa shape index (κ3) is 5.85. The molecule has 0 aromatic carbocycles. The van der Waals surface area contributed by atoms with Crippen LogP contribution >= 0.6 is 11.3 Å². The molecule has 0 aliphatic heterocycles. The molecule has 1 unspecified atom stereocenters. The highest BCUT2D eigenvalue weighted by Gasteiger charge is 2.09. The first-order chi connectivity index (χ1) is 11.9. The summed E-state index contributed by atoms with van der Waals surface area (Å²) in [6.45, 7) is 13.1. The highest BCUT2D eigenvalue weighted by Crippen LogP contribution is 2.17. The Labute approximate surface area is 154 Å². The summed E-state index contributed by atoms with van der Waals surface area (Å²) in [7, 11) is 1.79. The van der Waals surface area contributed by atoms with E-state index in [0.717, 1.165) is 35.4 Å². The molecule has 2 heterocycles. The van der Waals surface area contributed by atoms with Crippen LogP contribution in [0.4, 0.5) is 0 Å². The molecule has 0 fully saturated rings. The minimum Gasteiger partial charge on any atom is -0.356 e. The number of aryl methyl sites for hydroxylation is 2. The van der Waals surface area contributed by atoms with Crippen LogP contribution in [0.3, 0.4) is 0 Å². The number of aliphatic imine (C=N–C) groups is 1. The van der Waals surface area contributed by atoms with Crippen molar-refractivity contribution in [1.29, 1.82) is 0 Å². The molecule has 138 valence electrons. The van der Waals surface area contributed by atoms with E-state index in [1.165, 1.54) is 5.69 Å². The lowest BCUT2D eigenvalue weighted by Gasteiger charge is -2.16. The average molecular weight is 363 g/mol. The van der Waals surface area contributed by atoms with E-state index in [0.29, 0.717) is 18.4 Å². The summed E-state index contributed by atoms with van der Waals surface area (Å²) in [5.74, 6) is 1.73. The van der Waals surface area contributed by atoms with Crippen molar-refractivity contribution in [2.75, 3.05) is 13.6 Å². The maximum atomic E-state index is 4.64. The summed E-state index contributed by atoms with van der Waals surface area (Å²) in [4.78, 5) is 8.94. The summed E-state index contributed by atoms with van der Waals surface area (Å²) in [6, 6.07) is 2.11. The van der Waals surface area contributed by atoms with Crippen molar-refractivity contribution < 1.29 is 0 Å². The van der Waals surface area contributed by atoms with Crippen LogP contribution in [0.15, 0.2) is 16.4 Å². The van der Waals surface area contributed by atoms with Gasteiger partial charge in [-0.3, -0.25) is 9.67 Å². The van der Waals surface area contributed by atoms with Gasteiger partial charge in [0.05, 0.1) is 17.9 Å². The molecular formula is C18H30N6S. The normalized spacial score (nSPS) is 13.3. The van der Waals surface area contributed by atoms with Gasteiger partial charge in [0, 0.05) is 31.2 Å². The van der Waals surface area contributed by atoms with Crippen LogP contribution in [0.25, 0.3) is 0 Å². The van der Waals surface area contributed by atoms with E-state index in [-0.39, 0.29) is 0 Å². The van der Waals surface area contributed by atoms with E-state index in [4.69, 9.17) is 0 Å². The predicted octanol–water partition coefficient (Wildman–Crippen LogP) is 3.08. The van der Waals surface area contributed by atoms with Crippen LogP contribution in [0.2, 0.25) is 0 Å². The quantitative estimate of drug-likeness (QED) is 0.587. The molecule has 7 heteroatoms. The summed E-state index contributed by atoms with van der Waals surface area (Å²) in [5, 5.41) is 14.5. The molecule has 6 nitrogen and oxygen atoms in total. The van der Waals surface area contributed by atoms with Crippen LogP contribution < -0.4 is 10.6 Å². The highest BCUT2D eigenvalue weighted by atomic mass is 32.1. The number of guanidine groups is 1. The molecule has 0 aliphatic rings. The first-order valence-electron chi connectivity index (χ1n) is 8.79. The van der Waals surface area contributed by atoms with Crippen molar-refractivity contribution in [2.24, 2.45) is 10.9 Å². The van der Waals surface area contributed by atoms with Crippen molar-refractivity contribution in [3.63, 3.8) is 0 Å². The van der Waals surface area contributed by atoms with Gasteiger partial charge in [-0.15, -0.1) is 11.3 Å². The number of nitrogens with one attached hydrogen (secondary N) is 2. The largest absolute Gasteiger partial charge is 0.356 e. The Bertz CT molecular complexity index is 700. The first kappa shape index (κ1) is 19.4. The molecule has 2 aromatic rings. The SMILES string of the molecule is CN=C(NCc1nc(C(C)C)cs1)NCC(C)Cn1nc(C)cc1C. The van der Waals surface area contributed by atoms with Gasteiger partial charge in [0.2, 0.25) is 0 Å². The Morgan fingerprint density at radius 3 is 2.60 bits per heavy atom. The van der Waals surface area contributed by atoms with Gasteiger partial charge in [0.15, 0.2) is 5.96 Å². The van der Waals surface area contributed by atoms with Gasteiger partial charge < -0.3 is 10.6 Å². The topological polar surface area (TPSA) is 67.1 Å². The van der Waals surface area contributed by atoms with Gasteiger partial charge in [0.25, 0.3) is 0 Å². The van der Waals surface area contributed by atoms with Gasteiger partial charge in [0.1, 0.15) is 5.01 Å². The number of hydrogen-bond acceptors (Lipinski definition) is 4. The maximum absolute atomic E-state index is 4.64. The number of aromatic nitrogens is 3. The van der Waals surface area contributed by atoms with Gasteiger partial charge in [-0.1, -0.05) is 20.8 Å². The van der Waals surface area contributed by atoms with Crippen molar-refractivity contribution in [3.8, 4) is 0 Å². The van der Waals surface area contributed by atoms with Crippen molar-refractivity contribution >= 4 is 17.3 Å². The minimum absolute atomic E-state index is 0.448. The fourth-order valence-electron chi connectivity index (χ4n) is 2.54. The molecule has 0 bridgehead atoms. The molecule has 0 spiro atoms. The summed E-state index contributed by atoms with van der Waals surface area (Å²) < 4.78 is 2.07. The van der Waals surface area contributed by atoms with Crippen LogP contribution in [0, 0.1) is 19.8 Å². The third-order valence-corrected chi connectivity index (χ3v) is 4.86. The van der Waals surface area contributed by atoms with Crippen molar-refractivity contribution in [1.82, 2.24) is 25.4 Å². The Morgan fingerprint density at radius 1 is 1.28 bits per heavy atom. The molecule has 0 saturated heterocycles. The van der Waals surface area contributed by atoms with E-state index in [1.54, 1.807) is 18.4 Å². The number of nitrogens with zero attached hydrogens (tertiary/aromatic N) is 4. The molecule has 2 N–H and O–H groups in total. The van der Waals surface area contributed by atoms with Crippen molar-refractivity contribution in [2.45, 2.75) is 53.6 Å². The lowest BCUT2D eigenvalue weighted by molar-refractivity contribution is 0.436. The lowest BCUT2D eigenvalue weighted by atomic mass is 10.2. The fraction of sp³-hybridized carbons (Fsp3) is 0.611. The Morgan fingerprint density at radius 2 is 2.04 bits per heavy atom. The molecule has 0 amide bonds.